The second kappa shape index (κ2) is 5.40. The van der Waals surface area contributed by atoms with Gasteiger partial charge in [-0.05, 0) is 30.3 Å². The first kappa shape index (κ1) is 13.4. The fraction of sp³-hybridized carbons (Fsp3) is 0. The van der Waals surface area contributed by atoms with E-state index in [0.29, 0.717) is 14.2 Å². The van der Waals surface area contributed by atoms with Gasteiger partial charge in [-0.15, -0.1) is 0 Å². The van der Waals surface area contributed by atoms with E-state index in [9.17, 15) is 4.79 Å². The number of benzene rings is 1. The Morgan fingerprint density at radius 2 is 2.10 bits per heavy atom. The maximum atomic E-state index is 11.6. The summed E-state index contributed by atoms with van der Waals surface area (Å²) >= 11 is 12.0. The standard InChI is InChI=1S/C13H8ClN3OS2/c14-9-1-3-10(4-2-9)17-7-8(6-15-17)5-11-12(18)16-13(19)20-11/h1-7H,(H,16,18,19)/b11-5-. The maximum Gasteiger partial charge on any atom is 0.263 e. The number of hydrogen-bond acceptors (Lipinski definition) is 4. The third kappa shape index (κ3) is 2.77. The van der Waals surface area contributed by atoms with Crippen molar-refractivity contribution in [3.63, 3.8) is 0 Å². The zero-order chi connectivity index (χ0) is 14.1. The van der Waals surface area contributed by atoms with Gasteiger partial charge in [0.25, 0.3) is 5.91 Å². The van der Waals surface area contributed by atoms with Crippen LogP contribution in [0.3, 0.4) is 0 Å². The first-order valence-electron chi connectivity index (χ1n) is 5.67. The number of carbonyl (C=O) groups excluding carboxylic acids is 1. The molecular formula is C13H8ClN3OS2. The molecule has 1 aliphatic heterocycles. The van der Waals surface area contributed by atoms with Gasteiger partial charge < -0.3 is 5.32 Å². The van der Waals surface area contributed by atoms with Crippen LogP contribution < -0.4 is 5.32 Å². The van der Waals surface area contributed by atoms with Crippen LogP contribution >= 0.6 is 35.6 Å². The predicted molar refractivity (Wildman–Crippen MR) is 84.9 cm³/mol. The molecule has 0 spiro atoms. The van der Waals surface area contributed by atoms with Crippen LogP contribution in [0, 0.1) is 0 Å². The molecule has 20 heavy (non-hydrogen) atoms. The number of nitrogens with zero attached hydrogens (tertiary/aromatic N) is 2. The van der Waals surface area contributed by atoms with Crippen LogP contribution in [0.15, 0.2) is 41.6 Å². The van der Waals surface area contributed by atoms with Crippen molar-refractivity contribution in [3.8, 4) is 5.69 Å². The van der Waals surface area contributed by atoms with Crippen LogP contribution in [-0.4, -0.2) is 20.0 Å². The molecule has 4 nitrogen and oxygen atoms in total. The molecule has 0 bridgehead atoms. The summed E-state index contributed by atoms with van der Waals surface area (Å²) < 4.78 is 2.20. The van der Waals surface area contributed by atoms with Gasteiger partial charge in [0, 0.05) is 16.8 Å². The van der Waals surface area contributed by atoms with Gasteiger partial charge >= 0.3 is 0 Å². The van der Waals surface area contributed by atoms with Gasteiger partial charge in [0.05, 0.1) is 16.8 Å². The summed E-state index contributed by atoms with van der Waals surface area (Å²) in [4.78, 5) is 12.1. The van der Waals surface area contributed by atoms with Crippen molar-refractivity contribution in [2.75, 3.05) is 0 Å². The minimum absolute atomic E-state index is 0.167. The van der Waals surface area contributed by atoms with E-state index in [-0.39, 0.29) is 5.91 Å². The first-order chi connectivity index (χ1) is 9.61. The van der Waals surface area contributed by atoms with E-state index in [4.69, 9.17) is 23.8 Å². The third-order valence-electron chi connectivity index (χ3n) is 2.63. The number of halogens is 1. The molecular weight excluding hydrogens is 314 g/mol. The number of amides is 1. The number of thioether (sulfide) groups is 1. The molecule has 1 saturated heterocycles. The molecule has 100 valence electrons. The normalized spacial score (nSPS) is 16.8. The smallest absolute Gasteiger partial charge is 0.263 e. The van der Waals surface area contributed by atoms with Crippen LogP contribution in [0.4, 0.5) is 0 Å². The van der Waals surface area contributed by atoms with E-state index in [1.165, 1.54) is 11.8 Å². The van der Waals surface area contributed by atoms with E-state index >= 15 is 0 Å². The van der Waals surface area contributed by atoms with Crippen LogP contribution in [0.5, 0.6) is 0 Å². The summed E-state index contributed by atoms with van der Waals surface area (Å²) in [6.07, 6.45) is 5.29. The molecule has 0 radical (unpaired) electrons. The molecule has 3 rings (SSSR count). The first-order valence-corrected chi connectivity index (χ1v) is 7.27. The summed E-state index contributed by atoms with van der Waals surface area (Å²) in [6.45, 7) is 0. The van der Waals surface area contributed by atoms with Crippen molar-refractivity contribution in [1.82, 2.24) is 15.1 Å². The third-order valence-corrected chi connectivity index (χ3v) is 4.05. The zero-order valence-corrected chi connectivity index (χ0v) is 12.4. The van der Waals surface area contributed by atoms with E-state index in [1.807, 2.05) is 18.3 Å². The Morgan fingerprint density at radius 1 is 1.35 bits per heavy atom. The highest BCUT2D eigenvalue weighted by atomic mass is 35.5. The van der Waals surface area contributed by atoms with E-state index in [0.717, 1.165) is 11.3 Å². The summed E-state index contributed by atoms with van der Waals surface area (Å²) in [5.74, 6) is -0.167. The Balaban J connectivity index is 1.87. The minimum Gasteiger partial charge on any atom is -0.307 e. The van der Waals surface area contributed by atoms with E-state index < -0.39 is 0 Å². The van der Waals surface area contributed by atoms with E-state index in [1.54, 1.807) is 29.1 Å². The summed E-state index contributed by atoms with van der Waals surface area (Å²) in [5.41, 5.74) is 1.74. The number of thiocarbonyl (C=S) groups is 1. The lowest BCUT2D eigenvalue weighted by Gasteiger charge is -1.99. The SMILES string of the molecule is O=C1NC(=S)S/C1=C\c1cnn(-c2ccc(Cl)cc2)c1. The molecule has 7 heteroatoms. The highest BCUT2D eigenvalue weighted by Gasteiger charge is 2.22. The fourth-order valence-corrected chi connectivity index (χ4v) is 2.89. The largest absolute Gasteiger partial charge is 0.307 e. The number of hydrogen-bond donors (Lipinski definition) is 1. The molecule has 1 N–H and O–H groups in total. The Hall–Kier alpha value is -1.63. The predicted octanol–water partition coefficient (Wildman–Crippen LogP) is 3.01. The average molecular weight is 322 g/mol. The summed E-state index contributed by atoms with van der Waals surface area (Å²) in [6, 6.07) is 7.35. The van der Waals surface area contributed by atoms with Gasteiger partial charge in [0.1, 0.15) is 4.32 Å². The lowest BCUT2D eigenvalue weighted by Crippen LogP contribution is -2.17. The minimum atomic E-state index is -0.167. The van der Waals surface area contributed by atoms with Crippen LogP contribution in [-0.2, 0) is 4.79 Å². The highest BCUT2D eigenvalue weighted by molar-refractivity contribution is 8.26. The number of carbonyl (C=O) groups is 1. The number of nitrogens with one attached hydrogen (secondary N) is 1. The molecule has 0 aliphatic carbocycles. The Morgan fingerprint density at radius 3 is 2.75 bits per heavy atom. The van der Waals surface area contributed by atoms with Crippen molar-refractivity contribution >= 4 is 51.9 Å². The van der Waals surface area contributed by atoms with Crippen molar-refractivity contribution in [3.05, 3.63) is 52.2 Å². The summed E-state index contributed by atoms with van der Waals surface area (Å²) in [7, 11) is 0. The molecule has 1 aliphatic rings. The lowest BCUT2D eigenvalue weighted by molar-refractivity contribution is -0.115. The quantitative estimate of drug-likeness (QED) is 0.682. The molecule has 0 saturated carbocycles. The van der Waals surface area contributed by atoms with Gasteiger partial charge in [0.15, 0.2) is 0 Å². The Bertz CT molecular complexity index is 721. The summed E-state index contributed by atoms with van der Waals surface area (Å²) in [5, 5.41) is 7.51. The number of aromatic nitrogens is 2. The van der Waals surface area contributed by atoms with Crippen LogP contribution in [0.25, 0.3) is 11.8 Å². The molecule has 0 unspecified atom stereocenters. The zero-order valence-electron chi connectivity index (χ0n) is 10.0. The van der Waals surface area contributed by atoms with Crippen LogP contribution in [0.1, 0.15) is 5.56 Å². The molecule has 0 atom stereocenters. The Labute approximate surface area is 129 Å². The van der Waals surface area contributed by atoms with Gasteiger partial charge in [0.2, 0.25) is 0 Å². The molecule has 1 aromatic carbocycles. The van der Waals surface area contributed by atoms with Crippen molar-refractivity contribution in [2.24, 2.45) is 0 Å². The second-order valence-electron chi connectivity index (χ2n) is 4.05. The van der Waals surface area contributed by atoms with Gasteiger partial charge in [-0.3, -0.25) is 4.79 Å². The van der Waals surface area contributed by atoms with Gasteiger partial charge in [-0.25, -0.2) is 4.68 Å². The van der Waals surface area contributed by atoms with Crippen molar-refractivity contribution in [1.29, 1.82) is 0 Å². The molecule has 1 fully saturated rings. The maximum absolute atomic E-state index is 11.6. The average Bonchev–Trinajstić information content (AvgIpc) is 2.98. The number of rotatable bonds is 2. The topological polar surface area (TPSA) is 46.9 Å². The highest BCUT2D eigenvalue weighted by Crippen LogP contribution is 2.25. The fourth-order valence-electron chi connectivity index (χ4n) is 1.72. The molecule has 1 aromatic heterocycles. The molecule has 2 aromatic rings. The molecule has 2 heterocycles. The van der Waals surface area contributed by atoms with E-state index in [2.05, 4.69) is 10.4 Å². The van der Waals surface area contributed by atoms with Gasteiger partial charge in [-0.2, -0.15) is 5.10 Å². The monoisotopic (exact) mass is 321 g/mol. The lowest BCUT2D eigenvalue weighted by atomic mass is 10.3. The van der Waals surface area contributed by atoms with Crippen molar-refractivity contribution < 1.29 is 4.79 Å². The Kier molecular flexibility index (Phi) is 3.60. The van der Waals surface area contributed by atoms with Gasteiger partial charge in [-0.1, -0.05) is 35.6 Å². The molecule has 1 amide bonds. The second-order valence-corrected chi connectivity index (χ2v) is 6.20. The van der Waals surface area contributed by atoms with Crippen molar-refractivity contribution in [2.45, 2.75) is 0 Å². The van der Waals surface area contributed by atoms with Crippen LogP contribution in [0.2, 0.25) is 5.02 Å².